The van der Waals surface area contributed by atoms with Crippen LogP contribution in [0.2, 0.25) is 0 Å². The van der Waals surface area contributed by atoms with E-state index < -0.39 is 17.4 Å². The van der Waals surface area contributed by atoms with Crippen LogP contribution in [0.25, 0.3) is 0 Å². The highest BCUT2D eigenvalue weighted by Crippen LogP contribution is 2.61. The second-order valence-corrected chi connectivity index (χ2v) is 11.9. The van der Waals surface area contributed by atoms with Crippen LogP contribution >= 0.6 is 0 Å². The van der Waals surface area contributed by atoms with Crippen molar-refractivity contribution in [2.24, 2.45) is 23.2 Å². The molecule has 198 valence electrons. The molecule has 4 saturated carbocycles. The van der Waals surface area contributed by atoms with Crippen molar-refractivity contribution in [3.05, 3.63) is 60.2 Å². The number of rotatable bonds is 6. The molecule has 5 aliphatic rings. The molecular formula is C31H34N2O5. The third-order valence-corrected chi connectivity index (χ3v) is 9.24. The Bertz CT molecular complexity index is 1240. The molecule has 0 radical (unpaired) electrons. The summed E-state index contributed by atoms with van der Waals surface area (Å²) in [6, 6.07) is 14.9. The van der Waals surface area contributed by atoms with Crippen molar-refractivity contribution in [1.29, 1.82) is 0 Å². The van der Waals surface area contributed by atoms with Gasteiger partial charge in [0.1, 0.15) is 11.8 Å². The minimum atomic E-state index is -0.855. The monoisotopic (exact) mass is 514 g/mol. The fraction of sp³-hybridized carbons (Fsp3) is 0.484. The summed E-state index contributed by atoms with van der Waals surface area (Å²) in [6.07, 6.45) is 6.31. The number of hydrogen-bond acceptors (Lipinski definition) is 5. The molecule has 2 aromatic rings. The van der Waals surface area contributed by atoms with Crippen LogP contribution < -0.4 is 9.64 Å². The van der Waals surface area contributed by atoms with Crippen molar-refractivity contribution in [1.82, 2.24) is 4.90 Å². The van der Waals surface area contributed by atoms with Crippen molar-refractivity contribution in [2.45, 2.75) is 70.9 Å². The predicted octanol–water partition coefficient (Wildman–Crippen LogP) is 5.05. The number of hydrogen-bond donors (Lipinski definition) is 0. The van der Waals surface area contributed by atoms with Crippen LogP contribution in [0.1, 0.15) is 70.4 Å². The number of benzene rings is 2. The van der Waals surface area contributed by atoms with Gasteiger partial charge in [0.15, 0.2) is 0 Å². The average Bonchev–Trinajstić information content (AvgIpc) is 3.17. The second-order valence-electron chi connectivity index (χ2n) is 11.9. The van der Waals surface area contributed by atoms with Crippen LogP contribution in [0.3, 0.4) is 0 Å². The van der Waals surface area contributed by atoms with E-state index in [0.29, 0.717) is 29.2 Å². The highest BCUT2D eigenvalue weighted by atomic mass is 16.5. The first-order chi connectivity index (χ1) is 18.2. The molecule has 7 nitrogen and oxygen atoms in total. The Kier molecular flexibility index (Phi) is 6.12. The lowest BCUT2D eigenvalue weighted by molar-refractivity contribution is -0.164. The Morgan fingerprint density at radius 3 is 2.05 bits per heavy atom. The first-order valence-corrected chi connectivity index (χ1v) is 13.8. The van der Waals surface area contributed by atoms with Crippen LogP contribution in [-0.4, -0.2) is 34.6 Å². The molecule has 1 saturated heterocycles. The number of carbonyl (C=O) groups excluding carboxylic acids is 4. The van der Waals surface area contributed by atoms with Gasteiger partial charge in [0.2, 0.25) is 11.8 Å². The van der Waals surface area contributed by atoms with E-state index in [1.54, 1.807) is 29.2 Å². The van der Waals surface area contributed by atoms with Gasteiger partial charge in [-0.15, -0.1) is 0 Å². The average molecular weight is 515 g/mol. The zero-order valence-corrected chi connectivity index (χ0v) is 22.0. The van der Waals surface area contributed by atoms with Gasteiger partial charge < -0.3 is 9.64 Å². The topological polar surface area (TPSA) is 84.0 Å². The highest BCUT2D eigenvalue weighted by Gasteiger charge is 2.58. The van der Waals surface area contributed by atoms with Gasteiger partial charge in [-0.1, -0.05) is 30.3 Å². The molecule has 38 heavy (non-hydrogen) atoms. The van der Waals surface area contributed by atoms with Gasteiger partial charge >= 0.3 is 5.97 Å². The van der Waals surface area contributed by atoms with E-state index in [1.807, 2.05) is 37.3 Å². The minimum absolute atomic E-state index is 0.0419. The molecule has 7 heteroatoms. The first-order valence-electron chi connectivity index (χ1n) is 13.8. The van der Waals surface area contributed by atoms with E-state index in [4.69, 9.17) is 4.74 Å². The third kappa shape index (κ3) is 4.22. The minimum Gasteiger partial charge on any atom is -0.427 e. The molecule has 4 bridgehead atoms. The molecule has 1 heterocycles. The van der Waals surface area contributed by atoms with Crippen molar-refractivity contribution < 1.29 is 23.9 Å². The second kappa shape index (κ2) is 9.37. The zero-order valence-electron chi connectivity index (χ0n) is 22.0. The molecule has 0 N–H and O–H groups in total. The van der Waals surface area contributed by atoms with Gasteiger partial charge in [0.05, 0.1) is 23.6 Å². The number of amides is 3. The van der Waals surface area contributed by atoms with Crippen LogP contribution in [0.5, 0.6) is 5.75 Å². The first kappa shape index (κ1) is 24.8. The van der Waals surface area contributed by atoms with Gasteiger partial charge in [0, 0.05) is 6.92 Å². The maximum Gasteiger partial charge on any atom is 0.308 e. The lowest BCUT2D eigenvalue weighted by Gasteiger charge is -2.57. The molecule has 0 aromatic heterocycles. The molecule has 4 aliphatic carbocycles. The fourth-order valence-corrected chi connectivity index (χ4v) is 8.06. The SMILES string of the molecule is CC(=O)Oc1ccc(N2C(=O)CC(N(C(=O)C34CC5CC(CC(C5)C3)C4)C(C)c3ccccc3)C2=O)cc1. The van der Waals surface area contributed by atoms with E-state index in [1.165, 1.54) is 31.1 Å². The van der Waals surface area contributed by atoms with Crippen molar-refractivity contribution >= 4 is 29.4 Å². The quantitative estimate of drug-likeness (QED) is 0.306. The molecule has 2 unspecified atom stereocenters. The van der Waals surface area contributed by atoms with Gasteiger partial charge in [-0.25, -0.2) is 4.90 Å². The van der Waals surface area contributed by atoms with Crippen LogP contribution in [0.15, 0.2) is 54.6 Å². The summed E-state index contributed by atoms with van der Waals surface area (Å²) in [5.74, 6) is 1.01. The van der Waals surface area contributed by atoms with Crippen LogP contribution in [0.4, 0.5) is 5.69 Å². The molecule has 1 aliphatic heterocycles. The van der Waals surface area contributed by atoms with E-state index in [-0.39, 0.29) is 30.2 Å². The normalized spacial score (nSPS) is 30.4. The lowest BCUT2D eigenvalue weighted by atomic mass is 9.49. The van der Waals surface area contributed by atoms with Crippen molar-refractivity contribution in [3.8, 4) is 5.75 Å². The number of nitrogens with zero attached hydrogens (tertiary/aromatic N) is 2. The Balaban J connectivity index is 1.33. The summed E-state index contributed by atoms with van der Waals surface area (Å²) in [7, 11) is 0. The van der Waals surface area contributed by atoms with Crippen molar-refractivity contribution in [2.75, 3.05) is 4.90 Å². The molecule has 2 atom stereocenters. The Morgan fingerprint density at radius 1 is 0.921 bits per heavy atom. The molecule has 7 rings (SSSR count). The van der Waals surface area contributed by atoms with E-state index in [0.717, 1.165) is 24.8 Å². The molecule has 5 fully saturated rings. The van der Waals surface area contributed by atoms with E-state index in [9.17, 15) is 19.2 Å². The number of esters is 1. The maximum atomic E-state index is 14.6. The third-order valence-electron chi connectivity index (χ3n) is 9.24. The summed E-state index contributed by atoms with van der Waals surface area (Å²) >= 11 is 0. The number of carbonyl (C=O) groups is 4. The lowest BCUT2D eigenvalue weighted by Crippen LogP contribution is -2.58. The van der Waals surface area contributed by atoms with Crippen molar-refractivity contribution in [3.63, 3.8) is 0 Å². The number of ether oxygens (including phenoxy) is 1. The van der Waals surface area contributed by atoms with E-state index >= 15 is 0 Å². The summed E-state index contributed by atoms with van der Waals surface area (Å²) < 4.78 is 5.09. The Labute approximate surface area is 223 Å². The fourth-order valence-electron chi connectivity index (χ4n) is 8.06. The van der Waals surface area contributed by atoms with Crippen LogP contribution in [0, 0.1) is 23.2 Å². The van der Waals surface area contributed by atoms with Gasteiger partial charge in [0.25, 0.3) is 5.91 Å². The van der Waals surface area contributed by atoms with Gasteiger partial charge in [-0.05, 0) is 93.0 Å². The Hall–Kier alpha value is -3.48. The largest absolute Gasteiger partial charge is 0.427 e. The Morgan fingerprint density at radius 2 is 1.50 bits per heavy atom. The smallest absolute Gasteiger partial charge is 0.308 e. The molecular weight excluding hydrogens is 480 g/mol. The summed E-state index contributed by atoms with van der Waals surface area (Å²) in [6.45, 7) is 3.29. The van der Waals surface area contributed by atoms with Gasteiger partial charge in [-0.2, -0.15) is 0 Å². The van der Waals surface area contributed by atoms with Crippen LogP contribution in [-0.2, 0) is 19.2 Å². The predicted molar refractivity (Wildman–Crippen MR) is 141 cm³/mol. The summed E-state index contributed by atoms with van der Waals surface area (Å²) in [5.41, 5.74) is 0.934. The molecule has 2 aromatic carbocycles. The zero-order chi connectivity index (χ0) is 26.6. The molecule has 0 spiro atoms. The summed E-state index contributed by atoms with van der Waals surface area (Å²) in [4.78, 5) is 56.0. The summed E-state index contributed by atoms with van der Waals surface area (Å²) in [5, 5.41) is 0. The van der Waals surface area contributed by atoms with E-state index in [2.05, 4.69) is 0 Å². The maximum absolute atomic E-state index is 14.6. The number of anilines is 1. The van der Waals surface area contributed by atoms with Gasteiger partial charge in [-0.3, -0.25) is 19.2 Å². The molecule has 3 amide bonds. The number of imide groups is 1. The standard InChI is InChI=1S/C31H34N2O5/c1-19(24-6-4-3-5-7-24)32(30(37)31-16-21-12-22(17-31)14-23(13-21)18-31)27-15-28(35)33(29(27)36)25-8-10-26(11-9-25)38-20(2)34/h3-11,19,21-23,27H,12-18H2,1-2H3. The highest BCUT2D eigenvalue weighted by molar-refractivity contribution is 6.23.